The minimum atomic E-state index is -0.598. The first-order valence-corrected chi connectivity index (χ1v) is 13.6. The van der Waals surface area contributed by atoms with Crippen LogP contribution in [0.5, 0.6) is 0 Å². The van der Waals surface area contributed by atoms with Crippen molar-refractivity contribution in [2.75, 3.05) is 36.1 Å². The van der Waals surface area contributed by atoms with Gasteiger partial charge in [0.25, 0.3) is 11.8 Å². The Hall–Kier alpha value is -2.40. The number of nitrogens with zero attached hydrogens (tertiary/aromatic N) is 1. The van der Waals surface area contributed by atoms with E-state index in [0.29, 0.717) is 48.9 Å². The fourth-order valence-electron chi connectivity index (χ4n) is 2.18. The van der Waals surface area contributed by atoms with Gasteiger partial charge in [-0.3, -0.25) is 41.1 Å². The Bertz CT molecular complexity index is 663. The fourth-order valence-corrected chi connectivity index (χ4v) is 3.72. The van der Waals surface area contributed by atoms with Crippen LogP contribution in [0.4, 0.5) is 0 Å². The zero-order valence-electron chi connectivity index (χ0n) is 20.8. The van der Waals surface area contributed by atoms with Crippen LogP contribution in [-0.4, -0.2) is 76.7 Å². The molecule has 5 amide bonds. The monoisotopic (exact) mass is 553 g/mol. The van der Waals surface area contributed by atoms with Crippen molar-refractivity contribution >= 4 is 59.0 Å². The topological polar surface area (TPSA) is 229 Å². The van der Waals surface area contributed by atoms with Crippen molar-refractivity contribution in [2.45, 2.75) is 52.4 Å². The number of nitrogens with two attached hydrogens (primary N) is 3. The second-order valence-corrected chi connectivity index (χ2v) is 9.19. The van der Waals surface area contributed by atoms with E-state index in [9.17, 15) is 28.8 Å². The Morgan fingerprint density at radius 1 is 0.806 bits per heavy atom. The van der Waals surface area contributed by atoms with Gasteiger partial charge in [-0.1, -0.05) is 13.8 Å². The maximum atomic E-state index is 11.4. The zero-order chi connectivity index (χ0) is 27.8. The molecule has 0 saturated carbocycles. The van der Waals surface area contributed by atoms with Crippen LogP contribution >= 0.6 is 23.5 Å². The van der Waals surface area contributed by atoms with Gasteiger partial charge in [-0.05, 0) is 0 Å². The molecule has 0 aromatic heterocycles. The third-order valence-electron chi connectivity index (χ3n) is 4.06. The standard InChI is InChI=1S/C12H18N2O5S.C8H17N3O2S.H4N2/c1-2-9(15)13-6-8-20-7-5-12(18)19-14-10(16)3-4-11(14)17;1-2-7(12)10-4-6-14-5-3-8(13)11-9;1-2/h2-8H2,1H3,(H,13,15);2-6,9H2,1H3,(H,10,12)(H,11,13);1-2H2. The van der Waals surface area contributed by atoms with Crippen LogP contribution in [0.3, 0.4) is 0 Å². The zero-order valence-corrected chi connectivity index (χ0v) is 22.5. The lowest BCUT2D eigenvalue weighted by molar-refractivity contribution is -0.197. The largest absolute Gasteiger partial charge is 0.355 e. The van der Waals surface area contributed by atoms with E-state index in [0.717, 1.165) is 11.5 Å². The lowest BCUT2D eigenvalue weighted by Crippen LogP contribution is -2.32. The van der Waals surface area contributed by atoms with E-state index >= 15 is 0 Å². The first kappa shape index (κ1) is 35.8. The number of nitrogens with one attached hydrogen (secondary N) is 3. The second kappa shape index (κ2) is 24.3. The van der Waals surface area contributed by atoms with Gasteiger partial charge in [0.05, 0.1) is 6.42 Å². The molecule has 0 unspecified atom stereocenters. The van der Waals surface area contributed by atoms with Crippen molar-refractivity contribution < 1.29 is 33.6 Å². The van der Waals surface area contributed by atoms with Crippen molar-refractivity contribution in [3.63, 3.8) is 0 Å². The van der Waals surface area contributed by atoms with Crippen LogP contribution in [-0.2, 0) is 33.6 Å². The van der Waals surface area contributed by atoms with Gasteiger partial charge >= 0.3 is 5.97 Å². The Labute approximate surface area is 219 Å². The van der Waals surface area contributed by atoms with E-state index in [-0.39, 0.29) is 37.0 Å². The first-order chi connectivity index (χ1) is 17.2. The Kier molecular flexibility index (Phi) is 24.1. The number of imide groups is 1. The van der Waals surface area contributed by atoms with Gasteiger partial charge in [-0.2, -0.15) is 23.5 Å². The van der Waals surface area contributed by atoms with Crippen LogP contribution in [0, 0.1) is 0 Å². The van der Waals surface area contributed by atoms with Crippen LogP contribution < -0.4 is 33.6 Å². The maximum Gasteiger partial charge on any atom is 0.334 e. The molecule has 0 aromatic carbocycles. The van der Waals surface area contributed by atoms with E-state index in [2.05, 4.69) is 27.7 Å². The van der Waals surface area contributed by atoms with E-state index in [4.69, 9.17) is 10.7 Å². The number of hydrogen-bond acceptors (Lipinski definition) is 12. The number of rotatable bonds is 15. The average molecular weight is 554 g/mol. The molecule has 0 bridgehead atoms. The molecule has 1 rings (SSSR count). The third-order valence-corrected chi connectivity index (χ3v) is 6.03. The maximum absolute atomic E-state index is 11.4. The van der Waals surface area contributed by atoms with Gasteiger partial charge < -0.3 is 15.5 Å². The van der Waals surface area contributed by atoms with Crippen LogP contribution in [0.15, 0.2) is 0 Å². The van der Waals surface area contributed by atoms with Gasteiger partial charge in [-0.25, -0.2) is 10.6 Å². The van der Waals surface area contributed by atoms with Crippen molar-refractivity contribution in [1.29, 1.82) is 0 Å². The minimum absolute atomic E-state index is 0.00364. The van der Waals surface area contributed by atoms with E-state index in [1.165, 1.54) is 11.8 Å². The molecule has 1 heterocycles. The molecule has 16 heteroatoms. The molecule has 36 heavy (non-hydrogen) atoms. The molecule has 0 aliphatic carbocycles. The molecule has 0 spiro atoms. The van der Waals surface area contributed by atoms with Gasteiger partial charge in [0.15, 0.2) is 0 Å². The number of carbonyl (C=O) groups is 6. The summed E-state index contributed by atoms with van der Waals surface area (Å²) in [6, 6.07) is 0. The summed E-state index contributed by atoms with van der Waals surface area (Å²) in [7, 11) is 0. The molecule has 0 aromatic rings. The molecule has 1 fully saturated rings. The molecule has 14 nitrogen and oxygen atoms in total. The summed E-state index contributed by atoms with van der Waals surface area (Å²) in [6.45, 7) is 4.80. The molecule has 0 atom stereocenters. The van der Waals surface area contributed by atoms with Gasteiger partial charge in [0.2, 0.25) is 17.7 Å². The molecule has 1 aliphatic rings. The predicted octanol–water partition coefficient (Wildman–Crippen LogP) is -1.31. The summed E-state index contributed by atoms with van der Waals surface area (Å²) >= 11 is 3.11. The molecule has 9 N–H and O–H groups in total. The summed E-state index contributed by atoms with van der Waals surface area (Å²) in [5.74, 6) is 14.0. The number of hydrogen-bond donors (Lipinski definition) is 6. The first-order valence-electron chi connectivity index (χ1n) is 11.3. The normalized spacial score (nSPS) is 12.0. The van der Waals surface area contributed by atoms with E-state index in [1.54, 1.807) is 18.7 Å². The fraction of sp³-hybridized carbons (Fsp3) is 0.700. The average Bonchev–Trinajstić information content (AvgIpc) is 3.20. The van der Waals surface area contributed by atoms with E-state index in [1.807, 2.05) is 6.92 Å². The van der Waals surface area contributed by atoms with Crippen LogP contribution in [0.25, 0.3) is 0 Å². The Balaban J connectivity index is 0. The number of hydrazine groups is 2. The highest BCUT2D eigenvalue weighted by molar-refractivity contribution is 7.99. The Morgan fingerprint density at radius 3 is 1.67 bits per heavy atom. The predicted molar refractivity (Wildman–Crippen MR) is 138 cm³/mol. The molecular formula is C20H39N7O7S2. The minimum Gasteiger partial charge on any atom is -0.355 e. The number of carbonyl (C=O) groups excluding carboxylic acids is 6. The highest BCUT2D eigenvalue weighted by Gasteiger charge is 2.32. The number of thioether (sulfide) groups is 2. The number of hydroxylamine groups is 2. The molecule has 1 aliphatic heterocycles. The van der Waals surface area contributed by atoms with Crippen molar-refractivity contribution in [3.05, 3.63) is 0 Å². The molecular weight excluding hydrogens is 514 g/mol. The van der Waals surface area contributed by atoms with Gasteiger partial charge in [-0.15, -0.1) is 5.06 Å². The van der Waals surface area contributed by atoms with Gasteiger partial charge in [0, 0.05) is 68.2 Å². The third kappa shape index (κ3) is 19.9. The van der Waals surface area contributed by atoms with E-state index < -0.39 is 17.8 Å². The lowest BCUT2D eigenvalue weighted by atomic mass is 10.4. The Morgan fingerprint density at radius 2 is 1.25 bits per heavy atom. The smallest absolute Gasteiger partial charge is 0.334 e. The van der Waals surface area contributed by atoms with Crippen LogP contribution in [0.1, 0.15) is 52.4 Å². The molecule has 0 radical (unpaired) electrons. The SMILES string of the molecule is CCC(=O)NCCSCCC(=O)NN.CCC(=O)NCCSCCC(=O)ON1C(=O)CCC1=O.NN. The van der Waals surface area contributed by atoms with Gasteiger partial charge in [0.1, 0.15) is 0 Å². The highest BCUT2D eigenvalue weighted by Crippen LogP contribution is 2.13. The second-order valence-electron chi connectivity index (χ2n) is 6.74. The van der Waals surface area contributed by atoms with Crippen LogP contribution in [0.2, 0.25) is 0 Å². The summed E-state index contributed by atoms with van der Waals surface area (Å²) < 4.78 is 0. The lowest BCUT2D eigenvalue weighted by Gasteiger charge is -2.12. The van der Waals surface area contributed by atoms with Crippen molar-refractivity contribution in [2.24, 2.45) is 17.5 Å². The summed E-state index contributed by atoms with van der Waals surface area (Å²) in [5.41, 5.74) is 2.06. The quantitative estimate of drug-likeness (QED) is 0.0456. The number of amides is 5. The van der Waals surface area contributed by atoms with Crippen molar-refractivity contribution in [3.8, 4) is 0 Å². The summed E-state index contributed by atoms with van der Waals surface area (Å²) in [6.07, 6.45) is 1.69. The molecule has 208 valence electrons. The highest BCUT2D eigenvalue weighted by atomic mass is 32.2. The summed E-state index contributed by atoms with van der Waals surface area (Å²) in [4.78, 5) is 71.0. The summed E-state index contributed by atoms with van der Waals surface area (Å²) in [5, 5.41) is 6.02. The van der Waals surface area contributed by atoms with Crippen molar-refractivity contribution in [1.82, 2.24) is 21.1 Å². The molecule has 1 saturated heterocycles.